The van der Waals surface area contributed by atoms with E-state index in [1.807, 2.05) is 0 Å². The van der Waals surface area contributed by atoms with Gasteiger partial charge in [-0.25, -0.2) is 0 Å². The van der Waals surface area contributed by atoms with Gasteiger partial charge in [-0.3, -0.25) is 0 Å². The molecule has 0 bridgehead atoms. The molecule has 1 heterocycles. The highest BCUT2D eigenvalue weighted by Crippen LogP contribution is 2.23. The molecular weight excluding hydrogens is 234 g/mol. The summed E-state index contributed by atoms with van der Waals surface area (Å²) >= 11 is 0. The Morgan fingerprint density at radius 2 is 1.79 bits per heavy atom. The zero-order valence-corrected chi connectivity index (χ0v) is 12.7. The zero-order chi connectivity index (χ0) is 13.7. The molecule has 106 valence electrons. The smallest absolute Gasteiger partial charge is 0.122 e. The summed E-state index contributed by atoms with van der Waals surface area (Å²) < 4.78 is 5.94. The first-order valence-electron chi connectivity index (χ1n) is 7.60. The summed E-state index contributed by atoms with van der Waals surface area (Å²) in [6, 6.07) is 4.37. The van der Waals surface area contributed by atoms with Crippen molar-refractivity contribution in [2.75, 3.05) is 26.2 Å². The fraction of sp³-hybridized carbons (Fsp3) is 0.647. The Balaban J connectivity index is 1.70. The van der Waals surface area contributed by atoms with Gasteiger partial charge in [-0.2, -0.15) is 0 Å². The fourth-order valence-corrected chi connectivity index (χ4v) is 2.78. The quantitative estimate of drug-likeness (QED) is 0.721. The predicted molar refractivity (Wildman–Crippen MR) is 81.1 cm³/mol. The molecule has 1 fully saturated rings. The molecule has 2 heteroatoms. The van der Waals surface area contributed by atoms with Crippen LogP contribution in [-0.2, 0) is 0 Å². The van der Waals surface area contributed by atoms with Crippen molar-refractivity contribution in [1.29, 1.82) is 0 Å². The lowest BCUT2D eigenvalue weighted by molar-refractivity contribution is 0.278. The number of aryl methyl sites for hydroxylation is 2. The van der Waals surface area contributed by atoms with Gasteiger partial charge in [-0.15, -0.1) is 0 Å². The normalized spacial score (nSPS) is 15.9. The Bertz CT molecular complexity index is 408. The number of unbranched alkanes of at least 4 members (excludes halogenated alkanes) is 1. The maximum atomic E-state index is 5.94. The topological polar surface area (TPSA) is 12.5 Å². The van der Waals surface area contributed by atoms with Gasteiger partial charge in [-0.05, 0) is 88.8 Å². The summed E-state index contributed by atoms with van der Waals surface area (Å²) in [6.07, 6.45) is 5.18. The monoisotopic (exact) mass is 261 g/mol. The van der Waals surface area contributed by atoms with Crippen LogP contribution in [0, 0.1) is 20.8 Å². The second-order valence-electron chi connectivity index (χ2n) is 5.81. The van der Waals surface area contributed by atoms with E-state index < -0.39 is 0 Å². The van der Waals surface area contributed by atoms with Gasteiger partial charge in [0.1, 0.15) is 5.75 Å². The molecule has 1 aliphatic rings. The molecule has 0 amide bonds. The van der Waals surface area contributed by atoms with E-state index in [-0.39, 0.29) is 0 Å². The van der Waals surface area contributed by atoms with Crippen LogP contribution in [0.15, 0.2) is 12.1 Å². The first-order valence-corrected chi connectivity index (χ1v) is 7.60. The van der Waals surface area contributed by atoms with Crippen molar-refractivity contribution < 1.29 is 4.74 Å². The number of likely N-dealkylation sites (tertiary alicyclic amines) is 1. The van der Waals surface area contributed by atoms with Crippen molar-refractivity contribution in [3.63, 3.8) is 0 Å². The Morgan fingerprint density at radius 3 is 2.53 bits per heavy atom. The SMILES string of the molecule is Cc1cc(C)c(C)c(OCCCCN2CCCC2)c1. The Morgan fingerprint density at radius 1 is 1.05 bits per heavy atom. The molecule has 0 saturated carbocycles. The highest BCUT2D eigenvalue weighted by Gasteiger charge is 2.10. The Labute approximate surface area is 117 Å². The van der Waals surface area contributed by atoms with Crippen LogP contribution in [0.5, 0.6) is 5.75 Å². The lowest BCUT2D eigenvalue weighted by atomic mass is 10.1. The molecule has 0 aliphatic carbocycles. The van der Waals surface area contributed by atoms with Crippen molar-refractivity contribution in [3.05, 3.63) is 28.8 Å². The molecule has 2 nitrogen and oxygen atoms in total. The molecule has 1 aromatic carbocycles. The minimum atomic E-state index is 0.845. The van der Waals surface area contributed by atoms with Crippen LogP contribution >= 0.6 is 0 Å². The van der Waals surface area contributed by atoms with Crippen LogP contribution in [0.3, 0.4) is 0 Å². The van der Waals surface area contributed by atoms with E-state index in [2.05, 4.69) is 37.8 Å². The van der Waals surface area contributed by atoms with Gasteiger partial charge in [0.2, 0.25) is 0 Å². The molecule has 1 aromatic rings. The van der Waals surface area contributed by atoms with E-state index in [0.29, 0.717) is 0 Å². The van der Waals surface area contributed by atoms with Crippen molar-refractivity contribution in [1.82, 2.24) is 4.90 Å². The third kappa shape index (κ3) is 4.24. The number of rotatable bonds is 6. The molecule has 0 N–H and O–H groups in total. The molecule has 1 saturated heterocycles. The molecule has 19 heavy (non-hydrogen) atoms. The van der Waals surface area contributed by atoms with Gasteiger partial charge in [0, 0.05) is 0 Å². The Kier molecular flexibility index (Phi) is 5.26. The van der Waals surface area contributed by atoms with Crippen LogP contribution in [0.1, 0.15) is 42.4 Å². The average molecular weight is 261 g/mol. The molecule has 0 unspecified atom stereocenters. The standard InChI is InChI=1S/C17H27NO/c1-14-12-15(2)16(3)17(13-14)19-11-7-6-10-18-8-4-5-9-18/h12-13H,4-11H2,1-3H3. The predicted octanol–water partition coefficient (Wildman–Crippen LogP) is 3.87. The summed E-state index contributed by atoms with van der Waals surface area (Å²) in [4.78, 5) is 2.57. The van der Waals surface area contributed by atoms with Crippen LogP contribution in [0.2, 0.25) is 0 Å². The number of nitrogens with zero attached hydrogens (tertiary/aromatic N) is 1. The highest BCUT2D eigenvalue weighted by atomic mass is 16.5. The van der Waals surface area contributed by atoms with Crippen LogP contribution < -0.4 is 4.74 Å². The van der Waals surface area contributed by atoms with Crippen molar-refractivity contribution >= 4 is 0 Å². The van der Waals surface area contributed by atoms with E-state index in [1.165, 1.54) is 55.6 Å². The number of benzene rings is 1. The van der Waals surface area contributed by atoms with Gasteiger partial charge in [0.05, 0.1) is 6.61 Å². The number of hydrogen-bond donors (Lipinski definition) is 0. The molecule has 1 aliphatic heterocycles. The van der Waals surface area contributed by atoms with E-state index in [1.54, 1.807) is 0 Å². The second-order valence-corrected chi connectivity index (χ2v) is 5.81. The van der Waals surface area contributed by atoms with Gasteiger partial charge in [-0.1, -0.05) is 6.07 Å². The number of ether oxygens (including phenoxy) is 1. The minimum absolute atomic E-state index is 0.845. The molecule has 0 aromatic heterocycles. The molecule has 2 rings (SSSR count). The molecule has 0 spiro atoms. The first-order chi connectivity index (χ1) is 9.16. The zero-order valence-electron chi connectivity index (χ0n) is 12.7. The van der Waals surface area contributed by atoms with Crippen molar-refractivity contribution in [2.24, 2.45) is 0 Å². The van der Waals surface area contributed by atoms with Gasteiger partial charge in [0.15, 0.2) is 0 Å². The fourth-order valence-electron chi connectivity index (χ4n) is 2.78. The van der Waals surface area contributed by atoms with Crippen LogP contribution in [0.25, 0.3) is 0 Å². The molecule has 0 radical (unpaired) electrons. The summed E-state index contributed by atoms with van der Waals surface area (Å²) in [7, 11) is 0. The third-order valence-corrected chi connectivity index (χ3v) is 4.09. The minimum Gasteiger partial charge on any atom is -0.493 e. The van der Waals surface area contributed by atoms with E-state index in [0.717, 1.165) is 18.8 Å². The highest BCUT2D eigenvalue weighted by molar-refractivity contribution is 5.41. The maximum absolute atomic E-state index is 5.94. The Hall–Kier alpha value is -1.02. The summed E-state index contributed by atoms with van der Waals surface area (Å²) in [5, 5.41) is 0. The summed E-state index contributed by atoms with van der Waals surface area (Å²) in [6.45, 7) is 11.1. The van der Waals surface area contributed by atoms with Crippen LogP contribution in [0.4, 0.5) is 0 Å². The number of hydrogen-bond acceptors (Lipinski definition) is 2. The summed E-state index contributed by atoms with van der Waals surface area (Å²) in [5.41, 5.74) is 3.90. The maximum Gasteiger partial charge on any atom is 0.122 e. The van der Waals surface area contributed by atoms with Gasteiger partial charge >= 0.3 is 0 Å². The van der Waals surface area contributed by atoms with Crippen molar-refractivity contribution in [3.8, 4) is 5.75 Å². The van der Waals surface area contributed by atoms with E-state index >= 15 is 0 Å². The van der Waals surface area contributed by atoms with Gasteiger partial charge < -0.3 is 9.64 Å². The van der Waals surface area contributed by atoms with E-state index in [9.17, 15) is 0 Å². The largest absolute Gasteiger partial charge is 0.493 e. The lowest BCUT2D eigenvalue weighted by Gasteiger charge is -2.15. The van der Waals surface area contributed by atoms with Crippen LogP contribution in [-0.4, -0.2) is 31.1 Å². The second kappa shape index (κ2) is 6.95. The molecule has 0 atom stereocenters. The first kappa shape index (κ1) is 14.4. The van der Waals surface area contributed by atoms with Crippen molar-refractivity contribution in [2.45, 2.75) is 46.5 Å². The molecular formula is C17H27NO. The third-order valence-electron chi connectivity index (χ3n) is 4.09. The van der Waals surface area contributed by atoms with Gasteiger partial charge in [0.25, 0.3) is 0 Å². The summed E-state index contributed by atoms with van der Waals surface area (Å²) in [5.74, 6) is 1.07. The average Bonchev–Trinajstić information content (AvgIpc) is 2.87. The lowest BCUT2D eigenvalue weighted by Crippen LogP contribution is -2.20. The van der Waals surface area contributed by atoms with E-state index in [4.69, 9.17) is 4.74 Å².